The van der Waals surface area contributed by atoms with Crippen LogP contribution in [0, 0.1) is 0 Å². The van der Waals surface area contributed by atoms with Crippen molar-refractivity contribution in [3.05, 3.63) is 68.1 Å². The van der Waals surface area contributed by atoms with Crippen LogP contribution in [0.2, 0.25) is 10.0 Å². The Bertz CT molecular complexity index is 701. The van der Waals surface area contributed by atoms with Crippen molar-refractivity contribution in [2.24, 2.45) is 0 Å². The van der Waals surface area contributed by atoms with E-state index in [0.717, 1.165) is 4.47 Å². The van der Waals surface area contributed by atoms with Gasteiger partial charge in [0.05, 0.1) is 10.6 Å². The lowest BCUT2D eigenvalue weighted by molar-refractivity contribution is 0.0474. The highest BCUT2D eigenvalue weighted by Crippen LogP contribution is 2.21. The van der Waals surface area contributed by atoms with Gasteiger partial charge >= 0.3 is 5.97 Å². The number of ether oxygens (including phenoxy) is 1. The fourth-order valence-electron chi connectivity index (χ4n) is 1.62. The number of rotatable bonds is 4. The maximum Gasteiger partial charge on any atom is 0.338 e. The highest BCUT2D eigenvalue weighted by atomic mass is 79.9. The zero-order valence-corrected chi connectivity index (χ0v) is 13.7. The molecule has 0 aliphatic carbocycles. The Morgan fingerprint density at radius 2 is 1.86 bits per heavy atom. The second kappa shape index (κ2) is 7.07. The van der Waals surface area contributed by atoms with E-state index in [1.54, 1.807) is 30.3 Å². The van der Waals surface area contributed by atoms with Crippen LogP contribution in [-0.4, -0.2) is 18.4 Å². The summed E-state index contributed by atoms with van der Waals surface area (Å²) in [6.45, 7) is -0.382. The summed E-state index contributed by atoms with van der Waals surface area (Å²) >= 11 is 14.9. The molecule has 0 saturated heterocycles. The molecule has 2 aromatic carbocycles. The molecule has 0 fully saturated rings. The van der Waals surface area contributed by atoms with Crippen molar-refractivity contribution < 1.29 is 14.3 Å². The molecule has 0 spiro atoms. The third kappa shape index (κ3) is 4.30. The fourth-order valence-corrected chi connectivity index (χ4v) is 2.54. The van der Waals surface area contributed by atoms with Gasteiger partial charge in [-0.3, -0.25) is 4.79 Å². The Morgan fingerprint density at radius 1 is 1.10 bits per heavy atom. The number of halogens is 3. The average Bonchev–Trinajstić information content (AvgIpc) is 2.44. The molecular formula is C15H9BrCl2O3. The highest BCUT2D eigenvalue weighted by molar-refractivity contribution is 9.10. The predicted molar refractivity (Wildman–Crippen MR) is 85.2 cm³/mol. The Morgan fingerprint density at radius 3 is 2.52 bits per heavy atom. The minimum absolute atomic E-state index is 0.228. The van der Waals surface area contributed by atoms with Gasteiger partial charge in [-0.1, -0.05) is 45.2 Å². The molecule has 0 amide bonds. The molecular weight excluding hydrogens is 379 g/mol. The van der Waals surface area contributed by atoms with Crippen molar-refractivity contribution >= 4 is 50.9 Å². The summed E-state index contributed by atoms with van der Waals surface area (Å²) < 4.78 is 5.74. The molecule has 0 atom stereocenters. The normalized spacial score (nSPS) is 10.2. The van der Waals surface area contributed by atoms with Crippen LogP contribution in [0.3, 0.4) is 0 Å². The summed E-state index contributed by atoms with van der Waals surface area (Å²) in [5.74, 6) is -0.963. The first kappa shape index (κ1) is 16.0. The highest BCUT2D eigenvalue weighted by Gasteiger charge is 2.14. The number of esters is 1. The lowest BCUT2D eigenvalue weighted by Gasteiger charge is -2.06. The van der Waals surface area contributed by atoms with Gasteiger partial charge in [0.1, 0.15) is 0 Å². The molecule has 6 heteroatoms. The van der Waals surface area contributed by atoms with E-state index in [9.17, 15) is 9.59 Å². The Labute approximate surface area is 139 Å². The van der Waals surface area contributed by atoms with Crippen LogP contribution in [0.5, 0.6) is 0 Å². The number of ketones is 1. The minimum Gasteiger partial charge on any atom is -0.454 e. The summed E-state index contributed by atoms with van der Waals surface area (Å²) in [5.41, 5.74) is 0.627. The number of hydrogen-bond donors (Lipinski definition) is 0. The Balaban J connectivity index is 2.02. The van der Waals surface area contributed by atoms with Crippen molar-refractivity contribution in [3.8, 4) is 0 Å². The molecule has 108 valence electrons. The third-order valence-corrected chi connectivity index (χ3v) is 3.67. The largest absolute Gasteiger partial charge is 0.454 e. The summed E-state index contributed by atoms with van der Waals surface area (Å²) in [6.07, 6.45) is 0. The Hall–Kier alpha value is -1.36. The molecule has 2 rings (SSSR count). The summed E-state index contributed by atoms with van der Waals surface area (Å²) in [7, 11) is 0. The molecule has 0 aromatic heterocycles. The molecule has 0 bridgehead atoms. The van der Waals surface area contributed by atoms with E-state index in [1.165, 1.54) is 12.1 Å². The van der Waals surface area contributed by atoms with E-state index >= 15 is 0 Å². The molecule has 0 aliphatic heterocycles. The molecule has 0 aliphatic rings. The lowest BCUT2D eigenvalue weighted by Crippen LogP contribution is -2.14. The van der Waals surface area contributed by atoms with Crippen LogP contribution < -0.4 is 0 Å². The van der Waals surface area contributed by atoms with Crippen LogP contribution in [0.1, 0.15) is 20.7 Å². The molecule has 0 unspecified atom stereocenters. The van der Waals surface area contributed by atoms with Crippen LogP contribution in [0.15, 0.2) is 46.9 Å². The van der Waals surface area contributed by atoms with Crippen molar-refractivity contribution in [3.63, 3.8) is 0 Å². The number of carbonyl (C=O) groups excluding carboxylic acids is 2. The number of hydrogen-bond acceptors (Lipinski definition) is 3. The lowest BCUT2D eigenvalue weighted by atomic mass is 10.1. The summed E-state index contributed by atoms with van der Waals surface area (Å²) in [6, 6.07) is 11.2. The van der Waals surface area contributed by atoms with Gasteiger partial charge in [-0.05, 0) is 36.4 Å². The third-order valence-electron chi connectivity index (χ3n) is 2.63. The second-order valence-electron chi connectivity index (χ2n) is 4.13. The van der Waals surface area contributed by atoms with Crippen LogP contribution in [0.4, 0.5) is 0 Å². The maximum atomic E-state index is 12.0. The number of benzene rings is 2. The zero-order valence-electron chi connectivity index (χ0n) is 10.6. The predicted octanol–water partition coefficient (Wildman–Crippen LogP) is 4.80. The summed E-state index contributed by atoms with van der Waals surface area (Å²) in [4.78, 5) is 23.8. The van der Waals surface area contributed by atoms with E-state index in [-0.39, 0.29) is 23.0 Å². The molecule has 2 aromatic rings. The van der Waals surface area contributed by atoms with Crippen LogP contribution in [-0.2, 0) is 4.74 Å². The van der Waals surface area contributed by atoms with E-state index in [4.69, 9.17) is 27.9 Å². The first-order chi connectivity index (χ1) is 9.97. The first-order valence-electron chi connectivity index (χ1n) is 5.88. The van der Waals surface area contributed by atoms with E-state index in [1.807, 2.05) is 0 Å². The molecule has 21 heavy (non-hydrogen) atoms. The van der Waals surface area contributed by atoms with Gasteiger partial charge in [-0.2, -0.15) is 0 Å². The standard InChI is InChI=1S/C15H9BrCl2O3/c16-10-3-1-2-9(6-10)15(20)21-8-14(19)12-5-4-11(17)7-13(12)18/h1-7H,8H2. The maximum absolute atomic E-state index is 12.0. The van der Waals surface area contributed by atoms with Crippen molar-refractivity contribution in [1.82, 2.24) is 0 Å². The van der Waals surface area contributed by atoms with Crippen molar-refractivity contribution in [1.29, 1.82) is 0 Å². The monoisotopic (exact) mass is 386 g/mol. The molecule has 0 N–H and O–H groups in total. The molecule has 0 heterocycles. The van der Waals surface area contributed by atoms with Gasteiger partial charge in [-0.15, -0.1) is 0 Å². The SMILES string of the molecule is O=C(OCC(=O)c1ccc(Cl)cc1Cl)c1cccc(Br)c1. The van der Waals surface area contributed by atoms with E-state index in [2.05, 4.69) is 15.9 Å². The fraction of sp³-hybridized carbons (Fsp3) is 0.0667. The van der Waals surface area contributed by atoms with Gasteiger partial charge in [-0.25, -0.2) is 4.79 Å². The van der Waals surface area contributed by atoms with E-state index < -0.39 is 5.97 Å². The van der Waals surface area contributed by atoms with Crippen molar-refractivity contribution in [2.75, 3.05) is 6.61 Å². The topological polar surface area (TPSA) is 43.4 Å². The quantitative estimate of drug-likeness (QED) is 0.559. The van der Waals surface area contributed by atoms with Crippen LogP contribution >= 0.6 is 39.1 Å². The second-order valence-corrected chi connectivity index (χ2v) is 5.89. The number of carbonyl (C=O) groups is 2. The molecule has 3 nitrogen and oxygen atoms in total. The average molecular weight is 388 g/mol. The van der Waals surface area contributed by atoms with Crippen LogP contribution in [0.25, 0.3) is 0 Å². The Kier molecular flexibility index (Phi) is 5.39. The zero-order chi connectivity index (χ0) is 15.4. The first-order valence-corrected chi connectivity index (χ1v) is 7.43. The van der Waals surface area contributed by atoms with Crippen molar-refractivity contribution in [2.45, 2.75) is 0 Å². The van der Waals surface area contributed by atoms with E-state index in [0.29, 0.717) is 10.6 Å². The number of Topliss-reactive ketones (excluding diaryl/α,β-unsaturated/α-hetero) is 1. The summed E-state index contributed by atoms with van der Waals surface area (Å²) in [5, 5.41) is 0.661. The van der Waals surface area contributed by atoms with Gasteiger partial charge < -0.3 is 4.74 Å². The van der Waals surface area contributed by atoms with Gasteiger partial charge in [0.15, 0.2) is 6.61 Å². The molecule has 0 radical (unpaired) electrons. The molecule has 0 saturated carbocycles. The smallest absolute Gasteiger partial charge is 0.338 e. The minimum atomic E-state index is -0.574. The van der Waals surface area contributed by atoms with Gasteiger partial charge in [0, 0.05) is 15.1 Å². The van der Waals surface area contributed by atoms with Gasteiger partial charge in [0.25, 0.3) is 0 Å². The van der Waals surface area contributed by atoms with Gasteiger partial charge in [0.2, 0.25) is 5.78 Å².